The van der Waals surface area contributed by atoms with Crippen LogP contribution in [0.2, 0.25) is 0 Å². The number of nitrogens with one attached hydrogen (secondary N) is 1. The first-order chi connectivity index (χ1) is 9.25. The standard InChI is InChI=1S/C14H14N2O3/c1-11-5-2-3-7-13(11)19-10-14(17)16-15-9-12-6-4-8-18-12/h2-9H,10H2,1H3,(H,16,17)/b15-9-. The molecule has 0 radical (unpaired) electrons. The van der Waals surface area contributed by atoms with E-state index in [1.807, 2.05) is 31.2 Å². The fraction of sp³-hybridized carbons (Fsp3) is 0.143. The number of hydrogen-bond donors (Lipinski definition) is 1. The van der Waals surface area contributed by atoms with Gasteiger partial charge in [0.25, 0.3) is 5.91 Å². The van der Waals surface area contributed by atoms with Crippen LogP contribution in [0.15, 0.2) is 52.2 Å². The number of ether oxygens (including phenoxy) is 1. The molecule has 0 bridgehead atoms. The van der Waals surface area contributed by atoms with Crippen molar-refractivity contribution in [1.29, 1.82) is 0 Å². The smallest absolute Gasteiger partial charge is 0.277 e. The minimum absolute atomic E-state index is 0.0830. The summed E-state index contributed by atoms with van der Waals surface area (Å²) >= 11 is 0. The van der Waals surface area contributed by atoms with E-state index in [9.17, 15) is 4.79 Å². The molecule has 0 atom stereocenters. The zero-order valence-corrected chi connectivity index (χ0v) is 10.5. The van der Waals surface area contributed by atoms with Gasteiger partial charge in [0.2, 0.25) is 0 Å². The first kappa shape index (κ1) is 12.9. The summed E-state index contributed by atoms with van der Waals surface area (Å²) < 4.78 is 10.4. The van der Waals surface area contributed by atoms with Crippen molar-refractivity contribution in [1.82, 2.24) is 5.43 Å². The van der Waals surface area contributed by atoms with Gasteiger partial charge in [0.15, 0.2) is 6.61 Å². The molecule has 5 heteroatoms. The van der Waals surface area contributed by atoms with E-state index in [4.69, 9.17) is 9.15 Å². The zero-order chi connectivity index (χ0) is 13.5. The highest BCUT2D eigenvalue weighted by molar-refractivity contribution is 5.81. The van der Waals surface area contributed by atoms with Crippen molar-refractivity contribution in [3.8, 4) is 5.75 Å². The number of rotatable bonds is 5. The molecular weight excluding hydrogens is 244 g/mol. The lowest BCUT2D eigenvalue weighted by Crippen LogP contribution is -2.24. The van der Waals surface area contributed by atoms with E-state index < -0.39 is 0 Å². The summed E-state index contributed by atoms with van der Waals surface area (Å²) in [7, 11) is 0. The van der Waals surface area contributed by atoms with Gasteiger partial charge in [-0.05, 0) is 30.7 Å². The highest BCUT2D eigenvalue weighted by Crippen LogP contribution is 2.15. The Morgan fingerprint density at radius 1 is 1.37 bits per heavy atom. The lowest BCUT2D eigenvalue weighted by atomic mass is 10.2. The van der Waals surface area contributed by atoms with Crippen LogP contribution in [0.4, 0.5) is 0 Å². The van der Waals surface area contributed by atoms with E-state index in [0.717, 1.165) is 5.56 Å². The average Bonchev–Trinajstić information content (AvgIpc) is 2.91. The highest BCUT2D eigenvalue weighted by Gasteiger charge is 2.03. The fourth-order valence-electron chi connectivity index (χ4n) is 1.43. The molecule has 0 aliphatic rings. The van der Waals surface area contributed by atoms with E-state index in [1.165, 1.54) is 12.5 Å². The van der Waals surface area contributed by atoms with Crippen LogP contribution in [0.1, 0.15) is 11.3 Å². The number of nitrogens with zero attached hydrogens (tertiary/aromatic N) is 1. The van der Waals surface area contributed by atoms with Crippen LogP contribution >= 0.6 is 0 Å². The molecule has 0 aliphatic carbocycles. The topological polar surface area (TPSA) is 63.8 Å². The van der Waals surface area contributed by atoms with Crippen molar-refractivity contribution in [2.24, 2.45) is 5.10 Å². The minimum atomic E-state index is -0.328. The number of hydrogen-bond acceptors (Lipinski definition) is 4. The van der Waals surface area contributed by atoms with Crippen LogP contribution < -0.4 is 10.2 Å². The average molecular weight is 258 g/mol. The van der Waals surface area contributed by atoms with E-state index in [-0.39, 0.29) is 12.5 Å². The number of hydrazone groups is 1. The molecule has 2 rings (SSSR count). The maximum atomic E-state index is 11.5. The van der Waals surface area contributed by atoms with Crippen molar-refractivity contribution < 1.29 is 13.9 Å². The predicted molar refractivity (Wildman–Crippen MR) is 71.1 cm³/mol. The maximum Gasteiger partial charge on any atom is 0.277 e. The van der Waals surface area contributed by atoms with Crippen molar-refractivity contribution in [2.45, 2.75) is 6.92 Å². The lowest BCUT2D eigenvalue weighted by Gasteiger charge is -2.07. The lowest BCUT2D eigenvalue weighted by molar-refractivity contribution is -0.123. The van der Waals surface area contributed by atoms with Crippen molar-refractivity contribution >= 4 is 12.1 Å². The van der Waals surface area contributed by atoms with Crippen LogP contribution in [0.3, 0.4) is 0 Å². The molecule has 0 fully saturated rings. The summed E-state index contributed by atoms with van der Waals surface area (Å²) in [6.07, 6.45) is 2.95. The van der Waals surface area contributed by atoms with E-state index >= 15 is 0 Å². The van der Waals surface area contributed by atoms with E-state index in [2.05, 4.69) is 10.5 Å². The third-order valence-electron chi connectivity index (χ3n) is 2.38. The summed E-state index contributed by atoms with van der Waals surface area (Å²) in [4.78, 5) is 11.5. The summed E-state index contributed by atoms with van der Waals surface area (Å²) in [5.41, 5.74) is 3.34. The maximum absolute atomic E-state index is 11.5. The summed E-state index contributed by atoms with van der Waals surface area (Å²) in [5, 5.41) is 3.75. The summed E-state index contributed by atoms with van der Waals surface area (Å²) in [6.45, 7) is 1.84. The number of carbonyl (C=O) groups excluding carboxylic acids is 1. The van der Waals surface area contributed by atoms with Crippen molar-refractivity contribution in [3.63, 3.8) is 0 Å². The Balaban J connectivity index is 1.78. The Hall–Kier alpha value is -2.56. The molecular formula is C14H14N2O3. The molecule has 2 aromatic rings. The largest absolute Gasteiger partial charge is 0.483 e. The molecule has 0 saturated carbocycles. The van der Waals surface area contributed by atoms with Gasteiger partial charge in [0.05, 0.1) is 12.5 Å². The number of benzene rings is 1. The molecule has 0 aliphatic heterocycles. The second-order valence-corrected chi connectivity index (χ2v) is 3.86. The van der Waals surface area contributed by atoms with Crippen LogP contribution in [0.5, 0.6) is 5.75 Å². The summed E-state index contributed by atoms with van der Waals surface area (Å²) in [5.74, 6) is 0.929. The molecule has 1 aromatic carbocycles. The van der Waals surface area contributed by atoms with Gasteiger partial charge in [-0.2, -0.15) is 5.10 Å². The molecule has 5 nitrogen and oxygen atoms in total. The van der Waals surface area contributed by atoms with Gasteiger partial charge in [-0.3, -0.25) is 4.79 Å². The highest BCUT2D eigenvalue weighted by atomic mass is 16.5. The first-order valence-electron chi connectivity index (χ1n) is 5.79. The number of carbonyl (C=O) groups is 1. The molecule has 1 heterocycles. The van der Waals surface area contributed by atoms with Crippen molar-refractivity contribution in [2.75, 3.05) is 6.61 Å². The third-order valence-corrected chi connectivity index (χ3v) is 2.38. The molecule has 1 aromatic heterocycles. The van der Waals surface area contributed by atoms with Gasteiger partial charge in [0.1, 0.15) is 11.5 Å². The number of aryl methyl sites for hydroxylation is 1. The SMILES string of the molecule is Cc1ccccc1OCC(=O)N/N=C\c1ccco1. The molecule has 0 unspecified atom stereocenters. The molecule has 19 heavy (non-hydrogen) atoms. The van der Waals surface area contributed by atoms with Crippen LogP contribution in [-0.2, 0) is 4.79 Å². The number of para-hydroxylation sites is 1. The van der Waals surface area contributed by atoms with E-state index in [0.29, 0.717) is 11.5 Å². The Kier molecular flexibility index (Phi) is 4.34. The van der Waals surface area contributed by atoms with Crippen LogP contribution in [-0.4, -0.2) is 18.7 Å². The van der Waals surface area contributed by atoms with Crippen LogP contribution in [0.25, 0.3) is 0 Å². The normalized spacial score (nSPS) is 10.6. The number of amides is 1. The minimum Gasteiger partial charge on any atom is -0.483 e. The molecule has 0 saturated heterocycles. The van der Waals surface area contributed by atoms with Gasteiger partial charge < -0.3 is 9.15 Å². The Labute approximate surface area is 110 Å². The van der Waals surface area contributed by atoms with Gasteiger partial charge in [0, 0.05) is 0 Å². The molecule has 1 N–H and O–H groups in total. The van der Waals surface area contributed by atoms with Gasteiger partial charge >= 0.3 is 0 Å². The Morgan fingerprint density at radius 3 is 2.95 bits per heavy atom. The second-order valence-electron chi connectivity index (χ2n) is 3.86. The van der Waals surface area contributed by atoms with Gasteiger partial charge in [-0.15, -0.1) is 0 Å². The van der Waals surface area contributed by atoms with Crippen LogP contribution in [0, 0.1) is 6.92 Å². The predicted octanol–water partition coefficient (Wildman–Crippen LogP) is 2.12. The monoisotopic (exact) mass is 258 g/mol. The third kappa shape index (κ3) is 3.99. The van der Waals surface area contributed by atoms with Gasteiger partial charge in [-0.1, -0.05) is 18.2 Å². The fourth-order valence-corrected chi connectivity index (χ4v) is 1.43. The van der Waals surface area contributed by atoms with E-state index in [1.54, 1.807) is 12.1 Å². The zero-order valence-electron chi connectivity index (χ0n) is 10.5. The second kappa shape index (κ2) is 6.39. The quantitative estimate of drug-likeness (QED) is 0.660. The Bertz CT molecular complexity index is 562. The summed E-state index contributed by atoms with van der Waals surface area (Å²) in [6, 6.07) is 11.0. The first-order valence-corrected chi connectivity index (χ1v) is 5.79. The molecule has 98 valence electrons. The molecule has 0 spiro atoms. The number of furan rings is 1. The Morgan fingerprint density at radius 2 is 2.21 bits per heavy atom. The van der Waals surface area contributed by atoms with Gasteiger partial charge in [-0.25, -0.2) is 5.43 Å². The van der Waals surface area contributed by atoms with Crippen molar-refractivity contribution in [3.05, 3.63) is 54.0 Å². The molecule has 1 amide bonds.